The van der Waals surface area contributed by atoms with E-state index < -0.39 is 12.6 Å². The van der Waals surface area contributed by atoms with E-state index in [1.165, 1.54) is 12.1 Å². The number of carbonyl (C=O) groups is 1. The minimum Gasteiger partial charge on any atom is -0.466 e. The number of hydrogen-bond acceptors (Lipinski definition) is 4. The molecule has 1 rings (SSSR count). The molecular weight excluding hydrogens is 324 g/mol. The summed E-state index contributed by atoms with van der Waals surface area (Å²) in [5, 5.41) is 8.88. The van der Waals surface area contributed by atoms with E-state index in [-0.39, 0.29) is 24.3 Å². The van der Waals surface area contributed by atoms with Crippen LogP contribution in [-0.2, 0) is 16.0 Å². The lowest BCUT2D eigenvalue weighted by Gasteiger charge is -2.10. The van der Waals surface area contributed by atoms with Crippen molar-refractivity contribution in [2.45, 2.75) is 20.0 Å². The van der Waals surface area contributed by atoms with Gasteiger partial charge in [0, 0.05) is 4.47 Å². The maximum absolute atomic E-state index is 12.2. The molecule has 0 saturated heterocycles. The van der Waals surface area contributed by atoms with Crippen molar-refractivity contribution in [2.24, 2.45) is 0 Å². The SMILES string of the molecule is CCOC(=O)Cc1cc(C#N)c(OC(F)F)cc1Br. The molecule has 7 heteroatoms. The molecule has 0 fully saturated rings. The van der Waals surface area contributed by atoms with Gasteiger partial charge in [-0.2, -0.15) is 14.0 Å². The quantitative estimate of drug-likeness (QED) is 0.777. The van der Waals surface area contributed by atoms with Crippen LogP contribution in [0.3, 0.4) is 0 Å². The van der Waals surface area contributed by atoms with Crippen molar-refractivity contribution in [3.05, 3.63) is 27.7 Å². The van der Waals surface area contributed by atoms with Crippen molar-refractivity contribution >= 4 is 21.9 Å². The van der Waals surface area contributed by atoms with Crippen LogP contribution >= 0.6 is 15.9 Å². The van der Waals surface area contributed by atoms with Crippen LogP contribution < -0.4 is 4.74 Å². The van der Waals surface area contributed by atoms with Gasteiger partial charge in [-0.15, -0.1) is 0 Å². The molecule has 0 spiro atoms. The van der Waals surface area contributed by atoms with Gasteiger partial charge in [-0.3, -0.25) is 4.79 Å². The summed E-state index contributed by atoms with van der Waals surface area (Å²) in [4.78, 5) is 11.3. The molecule has 102 valence electrons. The molecule has 0 aliphatic rings. The van der Waals surface area contributed by atoms with Gasteiger partial charge in [-0.25, -0.2) is 0 Å². The molecule has 1 aromatic rings. The summed E-state index contributed by atoms with van der Waals surface area (Å²) >= 11 is 3.14. The van der Waals surface area contributed by atoms with Crippen molar-refractivity contribution in [1.82, 2.24) is 0 Å². The van der Waals surface area contributed by atoms with E-state index in [0.717, 1.165) is 0 Å². The number of benzene rings is 1. The molecule has 0 amide bonds. The average molecular weight is 334 g/mol. The van der Waals surface area contributed by atoms with Crippen LogP contribution in [0.15, 0.2) is 16.6 Å². The molecule has 0 atom stereocenters. The molecule has 0 N–H and O–H groups in total. The highest BCUT2D eigenvalue weighted by Crippen LogP contribution is 2.29. The van der Waals surface area contributed by atoms with Crippen LogP contribution in [0, 0.1) is 11.3 Å². The fraction of sp³-hybridized carbons (Fsp3) is 0.333. The molecule has 4 nitrogen and oxygen atoms in total. The molecule has 0 bridgehead atoms. The highest BCUT2D eigenvalue weighted by Gasteiger charge is 2.15. The molecular formula is C12H10BrF2NO3. The number of alkyl halides is 2. The average Bonchev–Trinajstić information content (AvgIpc) is 2.32. The Morgan fingerprint density at radius 2 is 2.21 bits per heavy atom. The number of ether oxygens (including phenoxy) is 2. The lowest BCUT2D eigenvalue weighted by atomic mass is 10.1. The third-order valence-corrected chi connectivity index (χ3v) is 2.86. The van der Waals surface area contributed by atoms with Crippen LogP contribution in [0.5, 0.6) is 5.75 Å². The fourth-order valence-corrected chi connectivity index (χ4v) is 1.85. The molecule has 0 aliphatic carbocycles. The van der Waals surface area contributed by atoms with E-state index >= 15 is 0 Å². The van der Waals surface area contributed by atoms with E-state index in [9.17, 15) is 13.6 Å². The summed E-state index contributed by atoms with van der Waals surface area (Å²) in [6.07, 6.45) is -0.0575. The maximum Gasteiger partial charge on any atom is 0.387 e. The molecule has 0 heterocycles. The standard InChI is InChI=1S/C12H10BrF2NO3/c1-2-18-11(17)4-7-3-8(6-16)10(5-9(7)13)19-12(14)15/h3,5,12H,2,4H2,1H3. The lowest BCUT2D eigenvalue weighted by molar-refractivity contribution is -0.142. The first-order valence-corrected chi connectivity index (χ1v) is 6.10. The number of nitrogens with zero attached hydrogens (tertiary/aromatic N) is 1. The second-order valence-corrected chi connectivity index (χ2v) is 4.27. The zero-order valence-corrected chi connectivity index (χ0v) is 11.5. The first-order chi connectivity index (χ1) is 8.97. The number of esters is 1. The highest BCUT2D eigenvalue weighted by atomic mass is 79.9. The van der Waals surface area contributed by atoms with Gasteiger partial charge < -0.3 is 9.47 Å². The molecule has 0 unspecified atom stereocenters. The Hall–Kier alpha value is -1.68. The third-order valence-electron chi connectivity index (χ3n) is 2.13. The summed E-state index contributed by atoms with van der Waals surface area (Å²) in [5.41, 5.74) is 0.402. The van der Waals surface area contributed by atoms with Crippen molar-refractivity contribution in [3.8, 4) is 11.8 Å². The lowest BCUT2D eigenvalue weighted by Crippen LogP contribution is -2.09. The number of hydrogen-bond donors (Lipinski definition) is 0. The van der Waals surface area contributed by atoms with Gasteiger partial charge in [-0.05, 0) is 24.6 Å². The second kappa shape index (κ2) is 7.04. The van der Waals surface area contributed by atoms with E-state index in [0.29, 0.717) is 10.0 Å². The third kappa shape index (κ3) is 4.48. The van der Waals surface area contributed by atoms with E-state index in [1.807, 2.05) is 0 Å². The summed E-state index contributed by atoms with van der Waals surface area (Å²) in [6, 6.07) is 4.30. The number of carbonyl (C=O) groups excluding carboxylic acids is 1. The summed E-state index contributed by atoms with van der Waals surface area (Å²) in [5.74, 6) is -0.702. The number of halogens is 3. The predicted octanol–water partition coefficient (Wildman–Crippen LogP) is 3.03. The zero-order valence-electron chi connectivity index (χ0n) is 9.95. The van der Waals surface area contributed by atoms with Gasteiger partial charge in [0.25, 0.3) is 0 Å². The van der Waals surface area contributed by atoms with Gasteiger partial charge >= 0.3 is 12.6 Å². The predicted molar refractivity (Wildman–Crippen MR) is 65.8 cm³/mol. The van der Waals surface area contributed by atoms with E-state index in [1.54, 1.807) is 13.0 Å². The minimum atomic E-state index is -3.02. The molecule has 19 heavy (non-hydrogen) atoms. The smallest absolute Gasteiger partial charge is 0.387 e. The topological polar surface area (TPSA) is 59.3 Å². The first-order valence-electron chi connectivity index (χ1n) is 5.30. The Labute approximate surface area is 117 Å². The van der Waals surface area contributed by atoms with Crippen LogP contribution in [-0.4, -0.2) is 19.2 Å². The molecule has 0 aliphatic heterocycles. The Morgan fingerprint density at radius 3 is 2.74 bits per heavy atom. The van der Waals surface area contributed by atoms with Crippen LogP contribution in [0.4, 0.5) is 8.78 Å². The van der Waals surface area contributed by atoms with Crippen molar-refractivity contribution in [2.75, 3.05) is 6.61 Å². The van der Waals surface area contributed by atoms with Crippen molar-refractivity contribution in [1.29, 1.82) is 5.26 Å². The van der Waals surface area contributed by atoms with Crippen molar-refractivity contribution < 1.29 is 23.0 Å². The molecule has 0 aromatic heterocycles. The van der Waals surface area contributed by atoms with Gasteiger partial charge in [0.05, 0.1) is 18.6 Å². The maximum atomic E-state index is 12.2. The molecule has 1 aromatic carbocycles. The largest absolute Gasteiger partial charge is 0.466 e. The number of rotatable bonds is 5. The van der Waals surface area contributed by atoms with Crippen LogP contribution in [0.2, 0.25) is 0 Å². The zero-order chi connectivity index (χ0) is 14.4. The van der Waals surface area contributed by atoms with E-state index in [4.69, 9.17) is 10.00 Å². The Balaban J connectivity index is 3.03. The van der Waals surface area contributed by atoms with E-state index in [2.05, 4.69) is 20.7 Å². The fourth-order valence-electron chi connectivity index (χ4n) is 1.38. The first kappa shape index (κ1) is 15.4. The normalized spacial score (nSPS) is 10.1. The highest BCUT2D eigenvalue weighted by molar-refractivity contribution is 9.10. The summed E-state index contributed by atoms with van der Waals surface area (Å²) < 4.78 is 33.7. The van der Waals surface area contributed by atoms with Crippen LogP contribution in [0.1, 0.15) is 18.1 Å². The van der Waals surface area contributed by atoms with Gasteiger partial charge in [-0.1, -0.05) is 15.9 Å². The number of nitriles is 1. The molecule has 0 saturated carbocycles. The molecule has 0 radical (unpaired) electrons. The minimum absolute atomic E-state index is 0.0575. The Kier molecular flexibility index (Phi) is 5.70. The second-order valence-electron chi connectivity index (χ2n) is 3.41. The summed E-state index contributed by atoms with van der Waals surface area (Å²) in [6.45, 7) is -1.10. The monoisotopic (exact) mass is 333 g/mol. The van der Waals surface area contributed by atoms with Gasteiger partial charge in [0.15, 0.2) is 0 Å². The Bertz CT molecular complexity index is 514. The van der Waals surface area contributed by atoms with Crippen LogP contribution in [0.25, 0.3) is 0 Å². The van der Waals surface area contributed by atoms with Gasteiger partial charge in [0.2, 0.25) is 0 Å². The Morgan fingerprint density at radius 1 is 1.53 bits per heavy atom. The van der Waals surface area contributed by atoms with Crippen molar-refractivity contribution in [3.63, 3.8) is 0 Å². The van der Waals surface area contributed by atoms with Gasteiger partial charge in [0.1, 0.15) is 11.8 Å². The summed E-state index contributed by atoms with van der Waals surface area (Å²) in [7, 11) is 0.